The fourth-order valence-corrected chi connectivity index (χ4v) is 2.01. The van der Waals surface area contributed by atoms with Gasteiger partial charge in [0.05, 0.1) is 6.61 Å². The SMILES string of the molecule is CCCCCCNC(C(=O)OCC)c1ccccc1. The minimum absolute atomic E-state index is 0.191. The van der Waals surface area contributed by atoms with Gasteiger partial charge in [0.2, 0.25) is 0 Å². The largest absolute Gasteiger partial charge is 0.465 e. The molecule has 0 aliphatic rings. The highest BCUT2D eigenvalue weighted by molar-refractivity contribution is 5.77. The Balaban J connectivity index is 2.53. The molecule has 0 spiro atoms. The van der Waals surface area contributed by atoms with Gasteiger partial charge >= 0.3 is 5.97 Å². The molecule has 0 fully saturated rings. The Labute approximate surface area is 116 Å². The van der Waals surface area contributed by atoms with E-state index in [1.807, 2.05) is 37.3 Å². The number of nitrogens with one attached hydrogen (secondary N) is 1. The predicted octanol–water partition coefficient (Wildman–Crippen LogP) is 3.46. The van der Waals surface area contributed by atoms with Gasteiger partial charge in [-0.25, -0.2) is 4.79 Å². The molecule has 106 valence electrons. The average molecular weight is 263 g/mol. The maximum absolute atomic E-state index is 12.0. The third-order valence-electron chi connectivity index (χ3n) is 3.03. The number of carbonyl (C=O) groups excluding carboxylic acids is 1. The minimum Gasteiger partial charge on any atom is -0.465 e. The number of rotatable bonds is 9. The summed E-state index contributed by atoms with van der Waals surface area (Å²) < 4.78 is 5.14. The van der Waals surface area contributed by atoms with Crippen molar-refractivity contribution in [3.8, 4) is 0 Å². The van der Waals surface area contributed by atoms with Crippen molar-refractivity contribution in [3.63, 3.8) is 0 Å². The zero-order valence-corrected chi connectivity index (χ0v) is 12.0. The van der Waals surface area contributed by atoms with E-state index in [0.29, 0.717) is 6.61 Å². The van der Waals surface area contributed by atoms with E-state index in [-0.39, 0.29) is 12.0 Å². The lowest BCUT2D eigenvalue weighted by atomic mass is 10.1. The summed E-state index contributed by atoms with van der Waals surface area (Å²) in [7, 11) is 0. The van der Waals surface area contributed by atoms with Gasteiger partial charge in [-0.1, -0.05) is 56.5 Å². The van der Waals surface area contributed by atoms with Crippen molar-refractivity contribution >= 4 is 5.97 Å². The Kier molecular flexibility index (Phi) is 7.91. The van der Waals surface area contributed by atoms with Gasteiger partial charge in [-0.05, 0) is 25.5 Å². The van der Waals surface area contributed by atoms with Gasteiger partial charge in [0.15, 0.2) is 0 Å². The van der Waals surface area contributed by atoms with E-state index in [4.69, 9.17) is 4.74 Å². The van der Waals surface area contributed by atoms with Crippen LogP contribution in [0, 0.1) is 0 Å². The highest BCUT2D eigenvalue weighted by atomic mass is 16.5. The van der Waals surface area contributed by atoms with Crippen molar-refractivity contribution in [3.05, 3.63) is 35.9 Å². The summed E-state index contributed by atoms with van der Waals surface area (Å²) in [5.74, 6) is -0.191. The lowest BCUT2D eigenvalue weighted by Gasteiger charge is -2.17. The first-order chi connectivity index (χ1) is 9.29. The van der Waals surface area contributed by atoms with E-state index in [1.54, 1.807) is 0 Å². The number of hydrogen-bond donors (Lipinski definition) is 1. The molecule has 0 aliphatic carbocycles. The summed E-state index contributed by atoms with van der Waals surface area (Å²) in [4.78, 5) is 12.0. The smallest absolute Gasteiger partial charge is 0.327 e. The van der Waals surface area contributed by atoms with Crippen molar-refractivity contribution in [2.24, 2.45) is 0 Å². The molecule has 0 aromatic heterocycles. The van der Waals surface area contributed by atoms with Crippen LogP contribution in [0.1, 0.15) is 51.1 Å². The third-order valence-corrected chi connectivity index (χ3v) is 3.03. The first-order valence-electron chi connectivity index (χ1n) is 7.24. The van der Waals surface area contributed by atoms with Gasteiger partial charge < -0.3 is 10.1 Å². The first kappa shape index (κ1) is 15.7. The molecule has 0 radical (unpaired) electrons. The summed E-state index contributed by atoms with van der Waals surface area (Å²) in [5.41, 5.74) is 0.969. The summed E-state index contributed by atoms with van der Waals surface area (Å²) in [6, 6.07) is 9.41. The van der Waals surface area contributed by atoms with Gasteiger partial charge in [-0.2, -0.15) is 0 Å². The highest BCUT2D eigenvalue weighted by Gasteiger charge is 2.20. The topological polar surface area (TPSA) is 38.3 Å². The van der Waals surface area contributed by atoms with Gasteiger partial charge in [0.25, 0.3) is 0 Å². The number of unbranched alkanes of at least 4 members (excludes halogenated alkanes) is 3. The molecule has 1 rings (SSSR count). The van der Waals surface area contributed by atoms with Crippen LogP contribution in [0.25, 0.3) is 0 Å². The number of hydrogen-bond acceptors (Lipinski definition) is 3. The van der Waals surface area contributed by atoms with Gasteiger partial charge in [-0.3, -0.25) is 0 Å². The summed E-state index contributed by atoms with van der Waals surface area (Å²) in [6.45, 7) is 5.29. The molecule has 0 aliphatic heterocycles. The average Bonchev–Trinajstić information content (AvgIpc) is 2.44. The number of benzene rings is 1. The molecule has 0 heterocycles. The van der Waals surface area contributed by atoms with E-state index in [9.17, 15) is 4.79 Å². The van der Waals surface area contributed by atoms with Crippen LogP contribution < -0.4 is 5.32 Å². The molecule has 0 amide bonds. The Morgan fingerprint density at radius 3 is 2.53 bits per heavy atom. The quantitative estimate of drug-likeness (QED) is 0.547. The number of carbonyl (C=O) groups is 1. The zero-order chi connectivity index (χ0) is 13.9. The second-order valence-electron chi connectivity index (χ2n) is 4.61. The molecule has 1 aromatic carbocycles. The molecule has 1 N–H and O–H groups in total. The maximum atomic E-state index is 12.0. The Hall–Kier alpha value is -1.35. The lowest BCUT2D eigenvalue weighted by Crippen LogP contribution is -2.31. The molecule has 3 heteroatoms. The highest BCUT2D eigenvalue weighted by Crippen LogP contribution is 2.14. The molecule has 0 bridgehead atoms. The molecule has 1 atom stereocenters. The van der Waals surface area contributed by atoms with Crippen molar-refractivity contribution in [1.29, 1.82) is 0 Å². The van der Waals surface area contributed by atoms with Crippen molar-refractivity contribution in [2.75, 3.05) is 13.2 Å². The first-order valence-corrected chi connectivity index (χ1v) is 7.24. The summed E-state index contributed by atoms with van der Waals surface area (Å²) >= 11 is 0. The van der Waals surface area contributed by atoms with E-state index in [0.717, 1.165) is 18.5 Å². The van der Waals surface area contributed by atoms with E-state index >= 15 is 0 Å². The van der Waals surface area contributed by atoms with E-state index in [2.05, 4.69) is 12.2 Å². The van der Waals surface area contributed by atoms with Crippen molar-refractivity contribution < 1.29 is 9.53 Å². The molecule has 0 saturated heterocycles. The van der Waals surface area contributed by atoms with Gasteiger partial charge in [-0.15, -0.1) is 0 Å². The molecule has 19 heavy (non-hydrogen) atoms. The summed E-state index contributed by atoms with van der Waals surface area (Å²) in [6.07, 6.45) is 4.77. The van der Waals surface area contributed by atoms with E-state index < -0.39 is 0 Å². The number of ether oxygens (including phenoxy) is 1. The zero-order valence-electron chi connectivity index (χ0n) is 12.0. The second-order valence-corrected chi connectivity index (χ2v) is 4.61. The second kappa shape index (κ2) is 9.56. The van der Waals surface area contributed by atoms with Crippen LogP contribution in [-0.4, -0.2) is 19.1 Å². The predicted molar refractivity (Wildman–Crippen MR) is 78.0 cm³/mol. The van der Waals surface area contributed by atoms with Crippen molar-refractivity contribution in [1.82, 2.24) is 5.32 Å². The number of esters is 1. The van der Waals surface area contributed by atoms with Gasteiger partial charge in [0.1, 0.15) is 6.04 Å². The lowest BCUT2D eigenvalue weighted by molar-refractivity contribution is -0.145. The summed E-state index contributed by atoms with van der Waals surface area (Å²) in [5, 5.41) is 3.30. The van der Waals surface area contributed by atoms with E-state index in [1.165, 1.54) is 19.3 Å². The van der Waals surface area contributed by atoms with Crippen LogP contribution in [0.2, 0.25) is 0 Å². The van der Waals surface area contributed by atoms with Crippen LogP contribution >= 0.6 is 0 Å². The Bertz CT molecular complexity index is 351. The Morgan fingerprint density at radius 1 is 1.16 bits per heavy atom. The molecular weight excluding hydrogens is 238 g/mol. The molecule has 0 saturated carbocycles. The van der Waals surface area contributed by atoms with Crippen LogP contribution in [-0.2, 0) is 9.53 Å². The Morgan fingerprint density at radius 2 is 1.89 bits per heavy atom. The van der Waals surface area contributed by atoms with Crippen LogP contribution in [0.5, 0.6) is 0 Å². The molecular formula is C16H25NO2. The molecule has 3 nitrogen and oxygen atoms in total. The van der Waals surface area contributed by atoms with Crippen molar-refractivity contribution in [2.45, 2.75) is 45.6 Å². The third kappa shape index (κ3) is 5.88. The monoisotopic (exact) mass is 263 g/mol. The van der Waals surface area contributed by atoms with Gasteiger partial charge in [0, 0.05) is 0 Å². The van der Waals surface area contributed by atoms with Crippen LogP contribution in [0.4, 0.5) is 0 Å². The van der Waals surface area contributed by atoms with Crippen LogP contribution in [0.3, 0.4) is 0 Å². The maximum Gasteiger partial charge on any atom is 0.327 e. The molecule has 1 unspecified atom stereocenters. The minimum atomic E-state index is -0.345. The fraction of sp³-hybridized carbons (Fsp3) is 0.562. The fourth-order valence-electron chi connectivity index (χ4n) is 2.01. The molecule has 1 aromatic rings. The normalized spacial score (nSPS) is 12.1. The standard InChI is InChI=1S/C16H25NO2/c1-3-5-6-10-13-17-15(16(18)19-4-2)14-11-8-7-9-12-14/h7-9,11-12,15,17H,3-6,10,13H2,1-2H3. The van der Waals surface area contributed by atoms with Crippen LogP contribution in [0.15, 0.2) is 30.3 Å².